The van der Waals surface area contributed by atoms with Gasteiger partial charge in [-0.05, 0) is 18.2 Å². The van der Waals surface area contributed by atoms with Crippen molar-refractivity contribution < 1.29 is 9.18 Å². The molecule has 1 N–H and O–H groups in total. The Morgan fingerprint density at radius 3 is 2.67 bits per heavy atom. The Morgan fingerprint density at radius 2 is 1.96 bits per heavy atom. The number of aromatic nitrogens is 4. The first-order valence-electron chi connectivity index (χ1n) is 7.36. The first-order chi connectivity index (χ1) is 11.7. The van der Waals surface area contributed by atoms with Crippen molar-refractivity contribution in [3.63, 3.8) is 0 Å². The second-order valence-corrected chi connectivity index (χ2v) is 4.95. The Bertz CT molecular complexity index is 870. The van der Waals surface area contributed by atoms with E-state index >= 15 is 0 Å². The van der Waals surface area contributed by atoms with Crippen LogP contribution in [-0.2, 0) is 4.79 Å². The van der Waals surface area contributed by atoms with Gasteiger partial charge in [0.1, 0.15) is 5.69 Å². The maximum absolute atomic E-state index is 14.1. The number of rotatable bonds is 4. The number of amides is 1. The lowest BCUT2D eigenvalue weighted by atomic mass is 10.1. The molecule has 0 spiro atoms. The molecule has 0 aliphatic carbocycles. The minimum atomic E-state index is -0.498. The average molecular weight is 323 g/mol. The van der Waals surface area contributed by atoms with Gasteiger partial charge in [-0.1, -0.05) is 6.92 Å². The fourth-order valence-corrected chi connectivity index (χ4v) is 2.15. The molecule has 0 atom stereocenters. The van der Waals surface area contributed by atoms with E-state index < -0.39 is 5.82 Å². The van der Waals surface area contributed by atoms with Crippen molar-refractivity contribution in [3.05, 3.63) is 55.0 Å². The number of nitrogens with one attached hydrogen (secondary N) is 1. The zero-order valence-corrected chi connectivity index (χ0v) is 12.9. The van der Waals surface area contributed by atoms with Crippen molar-refractivity contribution >= 4 is 11.7 Å². The maximum Gasteiger partial charge on any atom is 0.225 e. The summed E-state index contributed by atoms with van der Waals surface area (Å²) < 4.78 is 14.1. The van der Waals surface area contributed by atoms with E-state index in [0.29, 0.717) is 29.2 Å². The molecular formula is C17H14FN5O. The largest absolute Gasteiger partial charge is 0.309 e. The molecule has 0 radical (unpaired) electrons. The quantitative estimate of drug-likeness (QED) is 0.798. The van der Waals surface area contributed by atoms with Crippen molar-refractivity contribution in [2.45, 2.75) is 13.3 Å². The normalized spacial score (nSPS) is 10.4. The first kappa shape index (κ1) is 15.7. The SMILES string of the molecule is CCC(=O)Nc1cnc(-c2ccncc2F)c(-c2cccnc2)n1. The highest BCUT2D eigenvalue weighted by molar-refractivity contribution is 5.90. The van der Waals surface area contributed by atoms with Crippen LogP contribution in [0.2, 0.25) is 0 Å². The van der Waals surface area contributed by atoms with Crippen LogP contribution in [0.1, 0.15) is 13.3 Å². The first-order valence-corrected chi connectivity index (χ1v) is 7.36. The number of pyridine rings is 2. The molecule has 3 aromatic heterocycles. The van der Waals surface area contributed by atoms with Gasteiger partial charge in [-0.25, -0.2) is 14.4 Å². The standard InChI is InChI=1S/C17H14FN5O/c1-2-15(24)22-14-10-21-17(12-5-7-20-9-13(12)18)16(23-14)11-4-3-6-19-8-11/h3-10H,2H2,1H3,(H,22,23,24). The average Bonchev–Trinajstić information content (AvgIpc) is 2.63. The van der Waals surface area contributed by atoms with Crippen molar-refractivity contribution in [2.75, 3.05) is 5.32 Å². The molecule has 0 aliphatic rings. The molecule has 0 saturated heterocycles. The summed E-state index contributed by atoms with van der Waals surface area (Å²) in [6.07, 6.45) is 7.58. The van der Waals surface area contributed by atoms with E-state index in [4.69, 9.17) is 0 Å². The van der Waals surface area contributed by atoms with Crippen molar-refractivity contribution in [2.24, 2.45) is 0 Å². The summed E-state index contributed by atoms with van der Waals surface area (Å²) in [6, 6.07) is 5.08. The van der Waals surface area contributed by atoms with Crippen LogP contribution in [0.5, 0.6) is 0 Å². The van der Waals surface area contributed by atoms with Gasteiger partial charge < -0.3 is 5.32 Å². The fourth-order valence-electron chi connectivity index (χ4n) is 2.15. The number of anilines is 1. The molecule has 0 unspecified atom stereocenters. The third-order valence-electron chi connectivity index (χ3n) is 3.32. The predicted octanol–water partition coefficient (Wildman–Crippen LogP) is 3.09. The minimum Gasteiger partial charge on any atom is -0.309 e. The topological polar surface area (TPSA) is 80.7 Å². The lowest BCUT2D eigenvalue weighted by Crippen LogP contribution is -2.12. The lowest BCUT2D eigenvalue weighted by molar-refractivity contribution is -0.115. The number of nitrogens with zero attached hydrogens (tertiary/aromatic N) is 4. The van der Waals surface area contributed by atoms with Gasteiger partial charge in [-0.15, -0.1) is 0 Å². The number of halogens is 1. The molecule has 120 valence electrons. The summed E-state index contributed by atoms with van der Waals surface area (Å²) in [5.74, 6) is -0.370. The van der Waals surface area contributed by atoms with Gasteiger partial charge in [0.15, 0.2) is 11.6 Å². The Hall–Kier alpha value is -3.22. The molecule has 24 heavy (non-hydrogen) atoms. The third kappa shape index (κ3) is 3.24. The fraction of sp³-hybridized carbons (Fsp3) is 0.118. The second-order valence-electron chi connectivity index (χ2n) is 4.95. The van der Waals surface area contributed by atoms with Crippen LogP contribution < -0.4 is 5.32 Å². The molecule has 0 saturated carbocycles. The zero-order valence-electron chi connectivity index (χ0n) is 12.9. The number of carbonyl (C=O) groups is 1. The van der Waals surface area contributed by atoms with Crippen molar-refractivity contribution in [3.8, 4) is 22.5 Å². The van der Waals surface area contributed by atoms with Gasteiger partial charge in [0.25, 0.3) is 0 Å². The van der Waals surface area contributed by atoms with Crippen LogP contribution in [0.15, 0.2) is 49.2 Å². The van der Waals surface area contributed by atoms with E-state index in [1.807, 2.05) is 0 Å². The lowest BCUT2D eigenvalue weighted by Gasteiger charge is -2.11. The Balaban J connectivity index is 2.15. The maximum atomic E-state index is 14.1. The molecule has 0 aromatic carbocycles. The van der Waals surface area contributed by atoms with Crippen LogP contribution in [0.3, 0.4) is 0 Å². The van der Waals surface area contributed by atoms with Crippen LogP contribution in [0.4, 0.5) is 10.2 Å². The van der Waals surface area contributed by atoms with E-state index in [1.54, 1.807) is 31.5 Å². The summed E-state index contributed by atoms with van der Waals surface area (Å²) >= 11 is 0. The molecule has 0 fully saturated rings. The molecule has 3 heterocycles. The Kier molecular flexibility index (Phi) is 4.51. The van der Waals surface area contributed by atoms with Crippen molar-refractivity contribution in [1.82, 2.24) is 19.9 Å². The van der Waals surface area contributed by atoms with Crippen LogP contribution in [-0.4, -0.2) is 25.8 Å². The van der Waals surface area contributed by atoms with E-state index in [9.17, 15) is 9.18 Å². The molecule has 6 nitrogen and oxygen atoms in total. The molecule has 1 amide bonds. The smallest absolute Gasteiger partial charge is 0.225 e. The van der Waals surface area contributed by atoms with Gasteiger partial charge in [-0.2, -0.15) is 0 Å². The van der Waals surface area contributed by atoms with Crippen LogP contribution >= 0.6 is 0 Å². The van der Waals surface area contributed by atoms with Crippen molar-refractivity contribution in [1.29, 1.82) is 0 Å². The minimum absolute atomic E-state index is 0.177. The summed E-state index contributed by atoms with van der Waals surface area (Å²) in [5, 5.41) is 2.66. The predicted molar refractivity (Wildman–Crippen MR) is 87.4 cm³/mol. The Morgan fingerprint density at radius 1 is 1.12 bits per heavy atom. The zero-order chi connectivity index (χ0) is 16.9. The van der Waals surface area contributed by atoms with Gasteiger partial charge >= 0.3 is 0 Å². The van der Waals surface area contributed by atoms with Gasteiger partial charge in [0.05, 0.1) is 18.1 Å². The monoisotopic (exact) mass is 323 g/mol. The van der Waals surface area contributed by atoms with E-state index in [0.717, 1.165) is 6.20 Å². The van der Waals surface area contributed by atoms with Crippen LogP contribution in [0.25, 0.3) is 22.5 Å². The number of hydrogen-bond donors (Lipinski definition) is 1. The molecule has 3 aromatic rings. The third-order valence-corrected chi connectivity index (χ3v) is 3.32. The molecular weight excluding hydrogens is 309 g/mol. The summed E-state index contributed by atoms with van der Waals surface area (Å²) in [4.78, 5) is 28.1. The van der Waals surface area contributed by atoms with Crippen LogP contribution in [0, 0.1) is 5.82 Å². The highest BCUT2D eigenvalue weighted by atomic mass is 19.1. The summed E-state index contributed by atoms with van der Waals surface area (Å²) in [5.41, 5.74) is 1.74. The highest BCUT2D eigenvalue weighted by Gasteiger charge is 2.16. The van der Waals surface area contributed by atoms with Gasteiger partial charge in [0.2, 0.25) is 5.91 Å². The highest BCUT2D eigenvalue weighted by Crippen LogP contribution is 2.30. The Labute approximate surface area is 137 Å². The number of carbonyl (C=O) groups excluding carboxylic acids is 1. The molecule has 0 bridgehead atoms. The van der Waals surface area contributed by atoms with E-state index in [-0.39, 0.29) is 11.5 Å². The molecule has 7 heteroatoms. The number of hydrogen-bond acceptors (Lipinski definition) is 5. The summed E-state index contributed by atoms with van der Waals surface area (Å²) in [7, 11) is 0. The van der Waals surface area contributed by atoms with Gasteiger partial charge in [0, 0.05) is 36.1 Å². The molecule has 3 rings (SSSR count). The molecule has 0 aliphatic heterocycles. The van der Waals surface area contributed by atoms with E-state index in [1.165, 1.54) is 18.5 Å². The van der Waals surface area contributed by atoms with Gasteiger partial charge in [-0.3, -0.25) is 14.8 Å². The second kappa shape index (κ2) is 6.91. The van der Waals surface area contributed by atoms with E-state index in [2.05, 4.69) is 25.3 Å². The summed E-state index contributed by atoms with van der Waals surface area (Å²) in [6.45, 7) is 1.74.